The van der Waals surface area contributed by atoms with E-state index in [4.69, 9.17) is 4.74 Å². The topological polar surface area (TPSA) is 26.3 Å². The number of cyclic esters (lactones) is 1. The highest BCUT2D eigenvalue weighted by atomic mass is 16.5. The average molecular weight is 168 g/mol. The SMILES string of the molecule is CCCC=CC1OC(=O)CC1C. The van der Waals surface area contributed by atoms with Crippen LogP contribution in [0.25, 0.3) is 0 Å². The Morgan fingerprint density at radius 2 is 2.42 bits per heavy atom. The van der Waals surface area contributed by atoms with Crippen LogP contribution in [0.3, 0.4) is 0 Å². The number of esters is 1. The molecule has 2 nitrogen and oxygen atoms in total. The van der Waals surface area contributed by atoms with Gasteiger partial charge in [-0.25, -0.2) is 0 Å². The van der Waals surface area contributed by atoms with Gasteiger partial charge in [0.1, 0.15) is 6.10 Å². The monoisotopic (exact) mass is 168 g/mol. The minimum absolute atomic E-state index is 0.0315. The lowest BCUT2D eigenvalue weighted by Gasteiger charge is -2.07. The van der Waals surface area contributed by atoms with Crippen LogP contribution in [0, 0.1) is 5.92 Å². The van der Waals surface area contributed by atoms with Gasteiger partial charge in [0.2, 0.25) is 0 Å². The molecule has 0 amide bonds. The number of hydrogen-bond acceptors (Lipinski definition) is 2. The first-order valence-electron chi connectivity index (χ1n) is 4.60. The van der Waals surface area contributed by atoms with Crippen LogP contribution >= 0.6 is 0 Å². The third-order valence-corrected chi connectivity index (χ3v) is 2.10. The molecule has 0 spiro atoms. The van der Waals surface area contributed by atoms with Crippen LogP contribution in [0.1, 0.15) is 33.1 Å². The molecule has 0 aromatic heterocycles. The summed E-state index contributed by atoms with van der Waals surface area (Å²) in [5.74, 6) is 0.291. The lowest BCUT2D eigenvalue weighted by atomic mass is 10.0. The number of carbonyl (C=O) groups is 1. The Morgan fingerprint density at radius 3 is 2.92 bits per heavy atom. The molecule has 0 aliphatic carbocycles. The van der Waals surface area contributed by atoms with Crippen LogP contribution in [0.4, 0.5) is 0 Å². The van der Waals surface area contributed by atoms with Gasteiger partial charge in [-0.15, -0.1) is 0 Å². The average Bonchev–Trinajstić information content (AvgIpc) is 2.31. The van der Waals surface area contributed by atoms with Gasteiger partial charge >= 0.3 is 5.97 Å². The zero-order chi connectivity index (χ0) is 8.97. The van der Waals surface area contributed by atoms with Gasteiger partial charge in [0.15, 0.2) is 0 Å². The normalized spacial score (nSPS) is 29.7. The molecule has 2 atom stereocenters. The molecule has 12 heavy (non-hydrogen) atoms. The first-order chi connectivity index (χ1) is 5.74. The summed E-state index contributed by atoms with van der Waals surface area (Å²) < 4.78 is 5.09. The maximum absolute atomic E-state index is 10.8. The van der Waals surface area contributed by atoms with Gasteiger partial charge in [0.25, 0.3) is 0 Å². The fraction of sp³-hybridized carbons (Fsp3) is 0.700. The van der Waals surface area contributed by atoms with Gasteiger partial charge in [-0.3, -0.25) is 4.79 Å². The number of rotatable bonds is 3. The standard InChI is InChI=1S/C10H16O2/c1-3-4-5-6-9-8(2)7-10(11)12-9/h5-6,8-9H,3-4,7H2,1-2H3. The van der Waals surface area contributed by atoms with Crippen LogP contribution < -0.4 is 0 Å². The van der Waals surface area contributed by atoms with Gasteiger partial charge in [-0.1, -0.05) is 26.3 Å². The Kier molecular flexibility index (Phi) is 3.32. The molecule has 68 valence electrons. The summed E-state index contributed by atoms with van der Waals surface area (Å²) >= 11 is 0. The van der Waals surface area contributed by atoms with Crippen molar-refractivity contribution in [2.24, 2.45) is 5.92 Å². The molecule has 1 rings (SSSR count). The second-order valence-electron chi connectivity index (χ2n) is 3.35. The van der Waals surface area contributed by atoms with Crippen LogP contribution in [0.2, 0.25) is 0 Å². The number of carbonyl (C=O) groups excluding carboxylic acids is 1. The van der Waals surface area contributed by atoms with E-state index in [9.17, 15) is 4.79 Å². The first-order valence-corrected chi connectivity index (χ1v) is 4.60. The Bertz CT molecular complexity index is 184. The molecule has 1 heterocycles. The third kappa shape index (κ3) is 2.36. The first kappa shape index (κ1) is 9.30. The van der Waals surface area contributed by atoms with Crippen molar-refractivity contribution in [1.29, 1.82) is 0 Å². The van der Waals surface area contributed by atoms with Crippen LogP contribution in [-0.2, 0) is 9.53 Å². The zero-order valence-corrected chi connectivity index (χ0v) is 7.75. The van der Waals surface area contributed by atoms with Crippen molar-refractivity contribution >= 4 is 5.97 Å². The fourth-order valence-electron chi connectivity index (χ4n) is 1.32. The number of ether oxygens (including phenoxy) is 1. The minimum atomic E-state index is -0.0614. The molecule has 2 unspecified atom stereocenters. The predicted octanol–water partition coefficient (Wildman–Crippen LogP) is 2.29. The summed E-state index contributed by atoms with van der Waals surface area (Å²) in [6.07, 6.45) is 6.93. The second-order valence-corrected chi connectivity index (χ2v) is 3.35. The van der Waals surface area contributed by atoms with Crippen LogP contribution in [0.5, 0.6) is 0 Å². The number of unbranched alkanes of at least 4 members (excludes halogenated alkanes) is 1. The summed E-state index contributed by atoms with van der Waals surface area (Å²) in [6, 6.07) is 0. The van der Waals surface area contributed by atoms with Crippen molar-refractivity contribution < 1.29 is 9.53 Å². The third-order valence-electron chi connectivity index (χ3n) is 2.10. The fourth-order valence-corrected chi connectivity index (χ4v) is 1.32. The molecular formula is C10H16O2. The molecule has 0 bridgehead atoms. The molecule has 2 heteroatoms. The van der Waals surface area contributed by atoms with Crippen molar-refractivity contribution in [3.63, 3.8) is 0 Å². The molecule has 1 fully saturated rings. The highest BCUT2D eigenvalue weighted by Gasteiger charge is 2.28. The summed E-state index contributed by atoms with van der Waals surface area (Å²) in [5, 5.41) is 0. The molecule has 0 saturated carbocycles. The molecule has 1 aliphatic heterocycles. The summed E-state index contributed by atoms with van der Waals surface area (Å²) in [5.41, 5.74) is 0. The van der Waals surface area contributed by atoms with Crippen molar-refractivity contribution in [2.75, 3.05) is 0 Å². The largest absolute Gasteiger partial charge is 0.458 e. The van der Waals surface area contributed by atoms with Gasteiger partial charge in [-0.2, -0.15) is 0 Å². The van der Waals surface area contributed by atoms with Crippen molar-refractivity contribution in [1.82, 2.24) is 0 Å². The smallest absolute Gasteiger partial charge is 0.306 e. The summed E-state index contributed by atoms with van der Waals surface area (Å²) in [7, 11) is 0. The highest BCUT2D eigenvalue weighted by Crippen LogP contribution is 2.22. The maximum Gasteiger partial charge on any atom is 0.306 e. The van der Waals surface area contributed by atoms with E-state index in [1.807, 2.05) is 13.0 Å². The van der Waals surface area contributed by atoms with E-state index < -0.39 is 0 Å². The second kappa shape index (κ2) is 4.29. The van der Waals surface area contributed by atoms with Crippen molar-refractivity contribution in [3.05, 3.63) is 12.2 Å². The Morgan fingerprint density at radius 1 is 1.67 bits per heavy atom. The molecular weight excluding hydrogens is 152 g/mol. The Balaban J connectivity index is 2.37. The van der Waals surface area contributed by atoms with E-state index >= 15 is 0 Å². The van der Waals surface area contributed by atoms with Gasteiger partial charge in [0.05, 0.1) is 6.42 Å². The van der Waals surface area contributed by atoms with Crippen molar-refractivity contribution in [2.45, 2.75) is 39.2 Å². The van der Waals surface area contributed by atoms with E-state index in [0.29, 0.717) is 12.3 Å². The zero-order valence-electron chi connectivity index (χ0n) is 7.75. The molecule has 0 N–H and O–H groups in total. The lowest BCUT2D eigenvalue weighted by molar-refractivity contribution is -0.140. The van der Waals surface area contributed by atoms with Gasteiger partial charge < -0.3 is 4.74 Å². The van der Waals surface area contributed by atoms with Gasteiger partial charge in [-0.05, 0) is 12.5 Å². The quantitative estimate of drug-likeness (QED) is 0.477. The van der Waals surface area contributed by atoms with E-state index in [0.717, 1.165) is 12.8 Å². The highest BCUT2D eigenvalue weighted by molar-refractivity contribution is 5.72. The predicted molar refractivity (Wildman–Crippen MR) is 47.7 cm³/mol. The van der Waals surface area contributed by atoms with E-state index in [1.54, 1.807) is 0 Å². The number of allylic oxidation sites excluding steroid dienone is 1. The molecule has 0 radical (unpaired) electrons. The van der Waals surface area contributed by atoms with Gasteiger partial charge in [0, 0.05) is 5.92 Å². The summed E-state index contributed by atoms with van der Waals surface area (Å²) in [4.78, 5) is 10.8. The number of hydrogen-bond donors (Lipinski definition) is 0. The molecule has 0 aromatic rings. The van der Waals surface area contributed by atoms with E-state index in [2.05, 4.69) is 13.0 Å². The Hall–Kier alpha value is -0.790. The lowest BCUT2D eigenvalue weighted by Crippen LogP contribution is -2.09. The van der Waals surface area contributed by atoms with E-state index in [1.165, 1.54) is 0 Å². The van der Waals surface area contributed by atoms with E-state index in [-0.39, 0.29) is 12.1 Å². The van der Waals surface area contributed by atoms with Crippen LogP contribution in [-0.4, -0.2) is 12.1 Å². The molecule has 0 aromatic carbocycles. The van der Waals surface area contributed by atoms with Crippen LogP contribution in [0.15, 0.2) is 12.2 Å². The molecule has 1 aliphatic rings. The summed E-state index contributed by atoms with van der Waals surface area (Å²) in [6.45, 7) is 4.18. The Labute approximate surface area is 73.6 Å². The minimum Gasteiger partial charge on any atom is -0.458 e. The maximum atomic E-state index is 10.8. The van der Waals surface area contributed by atoms with Crippen molar-refractivity contribution in [3.8, 4) is 0 Å². The molecule has 1 saturated heterocycles.